The highest BCUT2D eigenvalue weighted by molar-refractivity contribution is 9.15. The minimum atomic E-state index is -0.915. The van der Waals surface area contributed by atoms with Crippen LogP contribution < -0.4 is 5.32 Å². The maximum absolute atomic E-state index is 12.0. The Hall–Kier alpha value is -2.13. The molecule has 0 unspecified atom stereocenters. The topological polar surface area (TPSA) is 108 Å². The summed E-state index contributed by atoms with van der Waals surface area (Å²) in [7, 11) is 1.11. The molecule has 0 saturated heterocycles. The van der Waals surface area contributed by atoms with Crippen LogP contribution in [0.1, 0.15) is 26.3 Å². The van der Waals surface area contributed by atoms with Gasteiger partial charge in [0.05, 0.1) is 22.1 Å². The van der Waals surface area contributed by atoms with Crippen LogP contribution in [-0.2, 0) is 14.3 Å². The molecule has 25 heavy (non-hydrogen) atoms. The lowest BCUT2D eigenvalue weighted by atomic mass is 10.1. The van der Waals surface area contributed by atoms with Crippen LogP contribution in [-0.4, -0.2) is 29.7 Å². The van der Waals surface area contributed by atoms with Crippen LogP contribution in [0.3, 0.4) is 0 Å². The number of carbonyl (C=O) groups is 2. The van der Waals surface area contributed by atoms with E-state index >= 15 is 0 Å². The second kappa shape index (κ2) is 8.30. The first-order chi connectivity index (χ1) is 11.5. The molecule has 0 aliphatic heterocycles. The molecule has 0 spiro atoms. The number of halogens is 2. The fraction of sp³-hybridized carbons (Fsp3) is 0.333. The summed E-state index contributed by atoms with van der Waals surface area (Å²) >= 11 is 8.88. The standard InChI is InChI=1S/C15H16BrClN2O6/c1-15(2,3)25-14(21)18-12(13(20)24-4)11(16)9-6-5-8(17)7-10(9)19(22)23/h5-7H,1-4H3,(H,18,21)/b12-11-. The quantitative estimate of drug-likeness (QED) is 0.331. The maximum Gasteiger partial charge on any atom is 0.412 e. The number of methoxy groups -OCH3 is 1. The number of nitro benzene ring substituents is 1. The van der Waals surface area contributed by atoms with E-state index in [1.165, 1.54) is 12.1 Å². The molecule has 0 aromatic heterocycles. The molecule has 0 aliphatic carbocycles. The second-order valence-electron chi connectivity index (χ2n) is 5.73. The van der Waals surface area contributed by atoms with Gasteiger partial charge in [0.1, 0.15) is 11.3 Å². The van der Waals surface area contributed by atoms with Gasteiger partial charge in [-0.15, -0.1) is 0 Å². The summed E-state index contributed by atoms with van der Waals surface area (Å²) < 4.78 is 9.65. The number of benzene rings is 1. The number of esters is 1. The third-order valence-corrected chi connectivity index (χ3v) is 3.69. The SMILES string of the molecule is COC(=O)/C(NC(=O)OC(C)(C)C)=C(/Br)c1ccc(Cl)cc1[N+](=O)[O-]. The molecule has 0 heterocycles. The molecule has 1 rings (SSSR count). The fourth-order valence-electron chi connectivity index (χ4n) is 1.68. The lowest BCUT2D eigenvalue weighted by molar-refractivity contribution is -0.385. The number of nitrogens with zero attached hydrogens (tertiary/aromatic N) is 1. The van der Waals surface area contributed by atoms with Gasteiger partial charge in [-0.1, -0.05) is 11.6 Å². The Morgan fingerprint density at radius 2 is 1.92 bits per heavy atom. The average Bonchev–Trinajstić information content (AvgIpc) is 2.49. The first-order valence-corrected chi connectivity index (χ1v) is 8.05. The zero-order valence-corrected chi connectivity index (χ0v) is 16.2. The molecule has 0 saturated carbocycles. The highest BCUT2D eigenvalue weighted by atomic mass is 79.9. The van der Waals surface area contributed by atoms with Gasteiger partial charge in [-0.25, -0.2) is 9.59 Å². The van der Waals surface area contributed by atoms with E-state index in [4.69, 9.17) is 16.3 Å². The van der Waals surface area contributed by atoms with E-state index < -0.39 is 22.6 Å². The summed E-state index contributed by atoms with van der Waals surface area (Å²) in [6.07, 6.45) is -0.915. The van der Waals surface area contributed by atoms with Crippen molar-refractivity contribution in [3.63, 3.8) is 0 Å². The van der Waals surface area contributed by atoms with Gasteiger partial charge in [0.2, 0.25) is 0 Å². The molecule has 136 valence electrons. The minimum Gasteiger partial charge on any atom is -0.464 e. The molecule has 1 amide bonds. The molecule has 10 heteroatoms. The molecule has 8 nitrogen and oxygen atoms in total. The minimum absolute atomic E-state index is 0.0332. The van der Waals surface area contributed by atoms with E-state index in [9.17, 15) is 19.7 Å². The van der Waals surface area contributed by atoms with E-state index in [1.807, 2.05) is 0 Å². The van der Waals surface area contributed by atoms with Crippen LogP contribution in [0.5, 0.6) is 0 Å². The number of hydrogen-bond donors (Lipinski definition) is 1. The summed E-state index contributed by atoms with van der Waals surface area (Å²) in [4.78, 5) is 34.5. The van der Waals surface area contributed by atoms with Gasteiger partial charge in [-0.3, -0.25) is 15.4 Å². The van der Waals surface area contributed by atoms with E-state index in [1.54, 1.807) is 20.8 Å². The zero-order valence-electron chi connectivity index (χ0n) is 13.9. The molecule has 0 aliphatic rings. The van der Waals surface area contributed by atoms with Crippen LogP contribution in [0.15, 0.2) is 23.9 Å². The van der Waals surface area contributed by atoms with E-state index in [0.717, 1.165) is 13.2 Å². The van der Waals surface area contributed by atoms with E-state index in [0.29, 0.717) is 0 Å². The van der Waals surface area contributed by atoms with Crippen molar-refractivity contribution in [2.24, 2.45) is 0 Å². The van der Waals surface area contributed by atoms with Gasteiger partial charge >= 0.3 is 12.1 Å². The third-order valence-electron chi connectivity index (χ3n) is 2.63. The molecule has 1 N–H and O–H groups in total. The monoisotopic (exact) mass is 434 g/mol. The van der Waals surface area contributed by atoms with Gasteiger partial charge < -0.3 is 9.47 Å². The predicted octanol–water partition coefficient (Wildman–Crippen LogP) is 4.01. The molecular weight excluding hydrogens is 420 g/mol. The van der Waals surface area contributed by atoms with Crippen molar-refractivity contribution in [2.75, 3.05) is 7.11 Å². The third kappa shape index (κ3) is 6.02. The van der Waals surface area contributed by atoms with Crippen LogP contribution >= 0.6 is 27.5 Å². The number of ether oxygens (including phenoxy) is 2. The molecule has 0 fully saturated rings. The highest BCUT2D eigenvalue weighted by Crippen LogP contribution is 2.34. The number of nitro groups is 1. The zero-order chi connectivity index (χ0) is 19.4. The number of nitrogens with one attached hydrogen (secondary N) is 1. The summed E-state index contributed by atoms with van der Waals surface area (Å²) in [5.41, 5.74) is -1.47. The number of alkyl carbamates (subject to hydrolysis) is 1. The predicted molar refractivity (Wildman–Crippen MR) is 95.3 cm³/mol. The Morgan fingerprint density at radius 1 is 1.32 bits per heavy atom. The first kappa shape index (κ1) is 20.9. The first-order valence-electron chi connectivity index (χ1n) is 6.88. The van der Waals surface area contributed by atoms with Crippen LogP contribution in [0.25, 0.3) is 4.48 Å². The van der Waals surface area contributed by atoms with Crippen LogP contribution in [0.2, 0.25) is 5.02 Å². The number of carbonyl (C=O) groups excluding carboxylic acids is 2. The van der Waals surface area contributed by atoms with Crippen LogP contribution in [0, 0.1) is 10.1 Å². The molecule has 0 bridgehead atoms. The van der Waals surface area contributed by atoms with Gasteiger partial charge in [-0.2, -0.15) is 0 Å². The lowest BCUT2D eigenvalue weighted by Crippen LogP contribution is -2.34. The largest absolute Gasteiger partial charge is 0.464 e. The van der Waals surface area contributed by atoms with Gasteiger partial charge in [-0.05, 0) is 48.8 Å². The maximum atomic E-state index is 12.0. The van der Waals surface area contributed by atoms with Crippen LogP contribution in [0.4, 0.5) is 10.5 Å². The Morgan fingerprint density at radius 3 is 2.40 bits per heavy atom. The molecular formula is C15H16BrClN2O6. The van der Waals surface area contributed by atoms with E-state index in [2.05, 4.69) is 26.0 Å². The van der Waals surface area contributed by atoms with E-state index in [-0.39, 0.29) is 26.5 Å². The summed E-state index contributed by atoms with van der Waals surface area (Å²) in [5, 5.41) is 13.6. The Balaban J connectivity index is 3.40. The second-order valence-corrected chi connectivity index (χ2v) is 6.96. The lowest BCUT2D eigenvalue weighted by Gasteiger charge is -2.20. The molecule has 0 radical (unpaired) electrons. The number of rotatable bonds is 4. The van der Waals surface area contributed by atoms with Crippen molar-refractivity contribution in [1.29, 1.82) is 0 Å². The fourth-order valence-corrected chi connectivity index (χ4v) is 2.44. The van der Waals surface area contributed by atoms with Crippen molar-refractivity contribution in [2.45, 2.75) is 26.4 Å². The van der Waals surface area contributed by atoms with Gasteiger partial charge in [0.15, 0.2) is 0 Å². The Labute approximate surface area is 157 Å². The Kier molecular flexibility index (Phi) is 6.95. The van der Waals surface area contributed by atoms with Crippen molar-refractivity contribution < 1.29 is 24.0 Å². The van der Waals surface area contributed by atoms with Gasteiger partial charge in [0.25, 0.3) is 5.69 Å². The van der Waals surface area contributed by atoms with Crippen molar-refractivity contribution in [1.82, 2.24) is 5.32 Å². The molecule has 1 aromatic rings. The molecule has 1 aromatic carbocycles. The van der Waals surface area contributed by atoms with Crippen molar-refractivity contribution in [3.8, 4) is 0 Å². The summed E-state index contributed by atoms with van der Waals surface area (Å²) in [6, 6.07) is 3.87. The summed E-state index contributed by atoms with van der Waals surface area (Å²) in [5.74, 6) is -0.915. The highest BCUT2D eigenvalue weighted by Gasteiger charge is 2.26. The van der Waals surface area contributed by atoms with Gasteiger partial charge in [0, 0.05) is 11.1 Å². The normalized spacial score (nSPS) is 12.1. The number of hydrogen-bond acceptors (Lipinski definition) is 6. The Bertz CT molecular complexity index is 742. The smallest absolute Gasteiger partial charge is 0.412 e. The number of amides is 1. The average molecular weight is 436 g/mol. The van der Waals surface area contributed by atoms with Crippen molar-refractivity contribution >= 4 is 49.8 Å². The summed E-state index contributed by atoms with van der Waals surface area (Å²) in [6.45, 7) is 4.94. The molecule has 0 atom stereocenters. The van der Waals surface area contributed by atoms with Crippen molar-refractivity contribution in [3.05, 3.63) is 44.6 Å².